The predicted molar refractivity (Wildman–Crippen MR) is 53.1 cm³/mol. The predicted octanol–water partition coefficient (Wildman–Crippen LogP) is 2.26. The molecule has 6 heteroatoms. The number of rotatable bonds is 3. The van der Waals surface area contributed by atoms with Crippen molar-refractivity contribution in [2.75, 3.05) is 5.32 Å². The zero-order chi connectivity index (χ0) is 10.7. The first-order valence-electron chi connectivity index (χ1n) is 3.48. The molecule has 0 fully saturated rings. The highest BCUT2D eigenvalue weighted by Crippen LogP contribution is 2.28. The summed E-state index contributed by atoms with van der Waals surface area (Å²) < 4.78 is 0. The van der Waals surface area contributed by atoms with E-state index in [4.69, 9.17) is 28.3 Å². The molecule has 14 heavy (non-hydrogen) atoms. The zero-order valence-electron chi connectivity index (χ0n) is 6.75. The Hall–Kier alpha value is -1.26. The summed E-state index contributed by atoms with van der Waals surface area (Å²) in [6.07, 6.45) is 0.367. The summed E-state index contributed by atoms with van der Waals surface area (Å²) in [4.78, 5) is 20.9. The molecule has 0 heterocycles. The summed E-state index contributed by atoms with van der Waals surface area (Å²) in [5.74, 6) is -1.19. The number of hydrogen-bond acceptors (Lipinski definition) is 2. The highest BCUT2D eigenvalue weighted by atomic mass is 35.5. The van der Waals surface area contributed by atoms with E-state index in [1.807, 2.05) is 0 Å². The van der Waals surface area contributed by atoms with Gasteiger partial charge in [-0.25, -0.2) is 4.79 Å². The molecular weight excluding hydrogens is 229 g/mol. The van der Waals surface area contributed by atoms with Crippen LogP contribution >= 0.6 is 23.2 Å². The lowest BCUT2D eigenvalue weighted by Crippen LogP contribution is -2.04. The molecule has 0 aromatic heterocycles. The van der Waals surface area contributed by atoms with Crippen LogP contribution in [0.4, 0.5) is 5.69 Å². The van der Waals surface area contributed by atoms with Gasteiger partial charge in [-0.2, -0.15) is 0 Å². The van der Waals surface area contributed by atoms with Crippen molar-refractivity contribution in [3.05, 3.63) is 27.7 Å². The molecule has 0 atom stereocenters. The largest absolute Gasteiger partial charge is 0.478 e. The smallest absolute Gasteiger partial charge is 0.337 e. The lowest BCUT2D eigenvalue weighted by Gasteiger charge is -2.05. The van der Waals surface area contributed by atoms with Crippen LogP contribution in [-0.2, 0) is 4.79 Å². The van der Waals surface area contributed by atoms with Crippen molar-refractivity contribution < 1.29 is 14.7 Å². The van der Waals surface area contributed by atoms with Crippen LogP contribution in [0.1, 0.15) is 10.4 Å². The van der Waals surface area contributed by atoms with Gasteiger partial charge in [-0.05, 0) is 12.1 Å². The molecular formula is C8H5Cl2NO3. The number of carbonyl (C=O) groups is 2. The standard InChI is InChI=1S/C8H5Cl2NO3/c9-5-1-4(8(13)14)7(11-3-12)2-6(5)10/h1-3H,(H,11,12)(H,13,14). The third-order valence-electron chi connectivity index (χ3n) is 1.51. The van der Waals surface area contributed by atoms with Crippen molar-refractivity contribution in [2.45, 2.75) is 0 Å². The quantitative estimate of drug-likeness (QED) is 0.788. The second-order valence-corrected chi connectivity index (χ2v) is 3.19. The van der Waals surface area contributed by atoms with Crippen molar-refractivity contribution in [2.24, 2.45) is 0 Å². The minimum absolute atomic E-state index is 0.105. The first-order chi connectivity index (χ1) is 6.56. The Labute approximate surface area is 89.4 Å². The van der Waals surface area contributed by atoms with Crippen LogP contribution in [0.15, 0.2) is 12.1 Å². The fourth-order valence-corrected chi connectivity index (χ4v) is 1.23. The third kappa shape index (κ3) is 2.16. The molecule has 0 aliphatic rings. The third-order valence-corrected chi connectivity index (χ3v) is 2.23. The van der Waals surface area contributed by atoms with Crippen LogP contribution in [0, 0.1) is 0 Å². The van der Waals surface area contributed by atoms with E-state index in [-0.39, 0.29) is 21.3 Å². The second-order valence-electron chi connectivity index (χ2n) is 2.38. The van der Waals surface area contributed by atoms with Crippen molar-refractivity contribution in [3.8, 4) is 0 Å². The van der Waals surface area contributed by atoms with E-state index >= 15 is 0 Å². The Kier molecular flexibility index (Phi) is 3.33. The van der Waals surface area contributed by atoms with Gasteiger partial charge in [-0.1, -0.05) is 23.2 Å². The molecule has 74 valence electrons. The van der Waals surface area contributed by atoms with E-state index in [0.717, 1.165) is 0 Å². The summed E-state index contributed by atoms with van der Waals surface area (Å²) in [5.41, 5.74) is 0.00778. The molecule has 1 rings (SSSR count). The number of hydrogen-bond donors (Lipinski definition) is 2. The molecule has 0 aliphatic heterocycles. The van der Waals surface area contributed by atoms with E-state index in [1.54, 1.807) is 0 Å². The van der Waals surface area contributed by atoms with Gasteiger partial charge in [0.1, 0.15) is 0 Å². The molecule has 0 unspecified atom stereocenters. The van der Waals surface area contributed by atoms with Crippen molar-refractivity contribution in [1.82, 2.24) is 0 Å². The molecule has 0 aliphatic carbocycles. The molecule has 1 aromatic rings. The van der Waals surface area contributed by atoms with Gasteiger partial charge in [-0.3, -0.25) is 4.79 Å². The Morgan fingerprint density at radius 2 is 1.93 bits per heavy atom. The lowest BCUT2D eigenvalue weighted by molar-refractivity contribution is -0.105. The maximum atomic E-state index is 10.7. The van der Waals surface area contributed by atoms with Crippen LogP contribution in [0.5, 0.6) is 0 Å². The number of halogens is 2. The normalized spacial score (nSPS) is 9.57. The highest BCUT2D eigenvalue weighted by molar-refractivity contribution is 6.42. The highest BCUT2D eigenvalue weighted by Gasteiger charge is 2.12. The van der Waals surface area contributed by atoms with Gasteiger partial charge in [0.2, 0.25) is 6.41 Å². The Morgan fingerprint density at radius 3 is 2.43 bits per heavy atom. The van der Waals surface area contributed by atoms with Crippen LogP contribution in [0.25, 0.3) is 0 Å². The van der Waals surface area contributed by atoms with E-state index in [2.05, 4.69) is 5.32 Å². The average molecular weight is 234 g/mol. The monoisotopic (exact) mass is 233 g/mol. The Balaban J connectivity index is 3.30. The molecule has 0 saturated carbocycles. The number of carboxylic acids is 1. The minimum atomic E-state index is -1.19. The van der Waals surface area contributed by atoms with E-state index < -0.39 is 5.97 Å². The molecule has 2 N–H and O–H groups in total. The summed E-state index contributed by atoms with van der Waals surface area (Å²) in [6.45, 7) is 0. The molecule has 1 aromatic carbocycles. The van der Waals surface area contributed by atoms with Crippen molar-refractivity contribution >= 4 is 41.3 Å². The minimum Gasteiger partial charge on any atom is -0.478 e. The number of nitrogens with one attached hydrogen (secondary N) is 1. The zero-order valence-corrected chi connectivity index (χ0v) is 8.26. The number of carboxylic acid groups (broad SMARTS) is 1. The SMILES string of the molecule is O=CNc1cc(Cl)c(Cl)cc1C(=O)O. The number of anilines is 1. The van der Waals surface area contributed by atoms with Crippen LogP contribution in [0.3, 0.4) is 0 Å². The van der Waals surface area contributed by atoms with Gasteiger partial charge in [0.05, 0.1) is 21.3 Å². The van der Waals surface area contributed by atoms with Crippen LogP contribution < -0.4 is 5.32 Å². The van der Waals surface area contributed by atoms with Crippen molar-refractivity contribution in [1.29, 1.82) is 0 Å². The number of benzene rings is 1. The topological polar surface area (TPSA) is 66.4 Å². The van der Waals surface area contributed by atoms with Gasteiger partial charge in [0, 0.05) is 0 Å². The molecule has 0 radical (unpaired) electrons. The van der Waals surface area contributed by atoms with Crippen LogP contribution in [-0.4, -0.2) is 17.5 Å². The van der Waals surface area contributed by atoms with Gasteiger partial charge in [-0.15, -0.1) is 0 Å². The summed E-state index contributed by atoms with van der Waals surface area (Å²) >= 11 is 11.3. The first-order valence-corrected chi connectivity index (χ1v) is 4.24. The Bertz CT molecular complexity index is 392. The maximum Gasteiger partial charge on any atom is 0.337 e. The van der Waals surface area contributed by atoms with Crippen LogP contribution in [0.2, 0.25) is 10.0 Å². The number of carbonyl (C=O) groups excluding carboxylic acids is 1. The lowest BCUT2D eigenvalue weighted by atomic mass is 10.2. The van der Waals surface area contributed by atoms with Gasteiger partial charge >= 0.3 is 5.97 Å². The van der Waals surface area contributed by atoms with Gasteiger partial charge in [0.15, 0.2) is 0 Å². The molecule has 0 spiro atoms. The molecule has 1 amide bonds. The maximum absolute atomic E-state index is 10.7. The van der Waals surface area contributed by atoms with Gasteiger partial charge < -0.3 is 10.4 Å². The summed E-state index contributed by atoms with van der Waals surface area (Å²) in [5, 5.41) is 11.3. The molecule has 0 saturated heterocycles. The van der Waals surface area contributed by atoms with E-state index in [9.17, 15) is 9.59 Å². The summed E-state index contributed by atoms with van der Waals surface area (Å²) in [6, 6.07) is 2.46. The molecule has 0 bridgehead atoms. The number of amides is 1. The Morgan fingerprint density at radius 1 is 1.36 bits per heavy atom. The average Bonchev–Trinajstić information content (AvgIpc) is 2.11. The molecule has 4 nitrogen and oxygen atoms in total. The fraction of sp³-hybridized carbons (Fsp3) is 0. The van der Waals surface area contributed by atoms with Crippen molar-refractivity contribution in [3.63, 3.8) is 0 Å². The fourth-order valence-electron chi connectivity index (χ4n) is 0.907. The number of aromatic carboxylic acids is 1. The van der Waals surface area contributed by atoms with E-state index in [0.29, 0.717) is 6.41 Å². The summed E-state index contributed by atoms with van der Waals surface area (Å²) in [7, 11) is 0. The van der Waals surface area contributed by atoms with Gasteiger partial charge in [0.25, 0.3) is 0 Å². The second kappa shape index (κ2) is 4.30. The van der Waals surface area contributed by atoms with E-state index in [1.165, 1.54) is 12.1 Å². The first kappa shape index (κ1) is 10.8.